The highest BCUT2D eigenvalue weighted by Gasteiger charge is 2.09. The number of imidazole rings is 1. The van der Waals surface area contributed by atoms with Gasteiger partial charge in [0.2, 0.25) is 0 Å². The van der Waals surface area contributed by atoms with Crippen LogP contribution in [0.1, 0.15) is 17.0 Å². The summed E-state index contributed by atoms with van der Waals surface area (Å²) < 4.78 is 2.03. The van der Waals surface area contributed by atoms with E-state index in [0.717, 1.165) is 23.8 Å². The zero-order valence-electron chi connectivity index (χ0n) is 9.86. The Morgan fingerprint density at radius 1 is 1.31 bits per heavy atom. The van der Waals surface area contributed by atoms with Crippen molar-refractivity contribution in [3.8, 4) is 5.82 Å². The lowest BCUT2D eigenvalue weighted by Gasteiger charge is -2.10. The van der Waals surface area contributed by atoms with E-state index in [1.54, 1.807) is 0 Å². The summed E-state index contributed by atoms with van der Waals surface area (Å²) >= 11 is 0. The van der Waals surface area contributed by atoms with Crippen LogP contribution in [0.4, 0.5) is 0 Å². The summed E-state index contributed by atoms with van der Waals surface area (Å²) in [4.78, 5) is 8.72. The first-order valence-corrected chi connectivity index (χ1v) is 5.33. The molecule has 0 saturated carbocycles. The molecule has 0 aliphatic carbocycles. The minimum atomic E-state index is 0.805. The lowest BCUT2D eigenvalue weighted by molar-refractivity contribution is 0.794. The van der Waals surface area contributed by atoms with Crippen molar-refractivity contribution in [1.82, 2.24) is 19.9 Å². The van der Waals surface area contributed by atoms with Crippen molar-refractivity contribution >= 4 is 0 Å². The van der Waals surface area contributed by atoms with Gasteiger partial charge in [0.25, 0.3) is 0 Å². The van der Waals surface area contributed by atoms with Gasteiger partial charge in [-0.15, -0.1) is 0 Å². The van der Waals surface area contributed by atoms with Crippen LogP contribution < -0.4 is 5.32 Å². The van der Waals surface area contributed by atoms with Crippen molar-refractivity contribution in [3.05, 3.63) is 41.6 Å². The zero-order valence-corrected chi connectivity index (χ0v) is 9.86. The first-order chi connectivity index (χ1) is 7.74. The van der Waals surface area contributed by atoms with Gasteiger partial charge < -0.3 is 5.32 Å². The lowest BCUT2D eigenvalue weighted by atomic mass is 10.2. The molecule has 2 aromatic heterocycles. The van der Waals surface area contributed by atoms with Gasteiger partial charge in [0.15, 0.2) is 0 Å². The van der Waals surface area contributed by atoms with Crippen LogP contribution in [-0.2, 0) is 6.54 Å². The minimum absolute atomic E-state index is 0.805. The number of aryl methyl sites for hydroxylation is 1. The highest BCUT2D eigenvalue weighted by atomic mass is 15.1. The molecule has 2 rings (SSSR count). The van der Waals surface area contributed by atoms with Gasteiger partial charge in [-0.1, -0.05) is 6.07 Å². The van der Waals surface area contributed by atoms with Crippen LogP contribution in [0.5, 0.6) is 0 Å². The first kappa shape index (κ1) is 10.8. The van der Waals surface area contributed by atoms with Gasteiger partial charge >= 0.3 is 0 Å². The summed E-state index contributed by atoms with van der Waals surface area (Å²) in [5.74, 6) is 0.954. The summed E-state index contributed by atoms with van der Waals surface area (Å²) in [7, 11) is 1.93. The molecule has 0 radical (unpaired) electrons. The van der Waals surface area contributed by atoms with Crippen LogP contribution in [0.25, 0.3) is 5.82 Å². The van der Waals surface area contributed by atoms with Crippen molar-refractivity contribution in [3.63, 3.8) is 0 Å². The van der Waals surface area contributed by atoms with E-state index in [2.05, 4.69) is 28.3 Å². The Balaban J connectivity index is 2.51. The molecule has 2 aromatic rings. The van der Waals surface area contributed by atoms with Crippen LogP contribution >= 0.6 is 0 Å². The average molecular weight is 216 g/mol. The number of aromatic nitrogens is 3. The SMILES string of the molecule is CNCc1cccnc1-n1cnc(C)c1C. The molecule has 0 fully saturated rings. The summed E-state index contributed by atoms with van der Waals surface area (Å²) in [6.07, 6.45) is 3.63. The van der Waals surface area contributed by atoms with E-state index in [1.165, 1.54) is 5.56 Å². The Bertz CT molecular complexity index is 488. The van der Waals surface area contributed by atoms with Crippen molar-refractivity contribution in [2.24, 2.45) is 0 Å². The molecule has 0 aliphatic heterocycles. The van der Waals surface area contributed by atoms with Crippen molar-refractivity contribution in [1.29, 1.82) is 0 Å². The molecule has 0 atom stereocenters. The maximum atomic E-state index is 4.42. The topological polar surface area (TPSA) is 42.7 Å². The van der Waals surface area contributed by atoms with Crippen molar-refractivity contribution < 1.29 is 0 Å². The van der Waals surface area contributed by atoms with Gasteiger partial charge in [0.05, 0.1) is 5.69 Å². The minimum Gasteiger partial charge on any atom is -0.316 e. The summed E-state index contributed by atoms with van der Waals surface area (Å²) in [6.45, 7) is 4.87. The fraction of sp³-hybridized carbons (Fsp3) is 0.333. The van der Waals surface area contributed by atoms with E-state index in [4.69, 9.17) is 0 Å². The maximum absolute atomic E-state index is 4.42. The van der Waals surface area contributed by atoms with Gasteiger partial charge in [-0.3, -0.25) is 4.57 Å². The third-order valence-electron chi connectivity index (χ3n) is 2.71. The van der Waals surface area contributed by atoms with E-state index in [1.807, 2.05) is 37.1 Å². The Labute approximate surface area is 95.4 Å². The summed E-state index contributed by atoms with van der Waals surface area (Å²) in [5.41, 5.74) is 3.35. The second-order valence-electron chi connectivity index (χ2n) is 3.80. The molecule has 4 nitrogen and oxygen atoms in total. The Hall–Kier alpha value is -1.68. The predicted molar refractivity (Wildman–Crippen MR) is 63.6 cm³/mol. The third-order valence-corrected chi connectivity index (χ3v) is 2.71. The molecule has 0 amide bonds. The molecule has 2 heterocycles. The van der Waals surface area contributed by atoms with E-state index in [0.29, 0.717) is 0 Å². The fourth-order valence-electron chi connectivity index (χ4n) is 1.69. The largest absolute Gasteiger partial charge is 0.316 e. The highest BCUT2D eigenvalue weighted by molar-refractivity contribution is 5.36. The van der Waals surface area contributed by atoms with E-state index in [-0.39, 0.29) is 0 Å². The maximum Gasteiger partial charge on any atom is 0.142 e. The highest BCUT2D eigenvalue weighted by Crippen LogP contribution is 2.15. The van der Waals surface area contributed by atoms with Crippen molar-refractivity contribution in [2.75, 3.05) is 7.05 Å². The zero-order chi connectivity index (χ0) is 11.5. The van der Waals surface area contributed by atoms with Crippen LogP contribution in [-0.4, -0.2) is 21.6 Å². The quantitative estimate of drug-likeness (QED) is 0.847. The Kier molecular flexibility index (Phi) is 3.01. The Morgan fingerprint density at radius 2 is 2.12 bits per heavy atom. The molecule has 0 aliphatic rings. The summed E-state index contributed by atoms with van der Waals surface area (Å²) in [5, 5.41) is 3.15. The lowest BCUT2D eigenvalue weighted by Crippen LogP contribution is -2.10. The number of pyridine rings is 1. The van der Waals surface area contributed by atoms with Crippen LogP contribution in [0.2, 0.25) is 0 Å². The molecule has 4 heteroatoms. The third kappa shape index (κ3) is 1.84. The molecule has 0 aromatic carbocycles. The second kappa shape index (κ2) is 4.45. The monoisotopic (exact) mass is 216 g/mol. The van der Waals surface area contributed by atoms with E-state index < -0.39 is 0 Å². The molecule has 16 heavy (non-hydrogen) atoms. The predicted octanol–water partition coefficient (Wildman–Crippen LogP) is 1.60. The first-order valence-electron chi connectivity index (χ1n) is 5.33. The van der Waals surface area contributed by atoms with Crippen LogP contribution in [0.15, 0.2) is 24.7 Å². The molecule has 0 unspecified atom stereocenters. The van der Waals surface area contributed by atoms with Gasteiger partial charge in [-0.25, -0.2) is 9.97 Å². The average Bonchev–Trinajstić information content (AvgIpc) is 2.61. The number of hydrogen-bond acceptors (Lipinski definition) is 3. The molecule has 1 N–H and O–H groups in total. The van der Waals surface area contributed by atoms with E-state index in [9.17, 15) is 0 Å². The summed E-state index contributed by atoms with van der Waals surface area (Å²) in [6, 6.07) is 4.03. The molecular weight excluding hydrogens is 200 g/mol. The normalized spacial score (nSPS) is 10.7. The smallest absolute Gasteiger partial charge is 0.142 e. The van der Waals surface area contributed by atoms with Crippen LogP contribution in [0, 0.1) is 13.8 Å². The molecule has 84 valence electrons. The number of rotatable bonds is 3. The van der Waals surface area contributed by atoms with Crippen LogP contribution in [0.3, 0.4) is 0 Å². The van der Waals surface area contributed by atoms with Gasteiger partial charge in [0.1, 0.15) is 12.1 Å². The van der Waals surface area contributed by atoms with E-state index >= 15 is 0 Å². The second-order valence-corrected chi connectivity index (χ2v) is 3.80. The molecular formula is C12H16N4. The van der Waals surface area contributed by atoms with Gasteiger partial charge in [-0.05, 0) is 27.0 Å². The standard InChI is InChI=1S/C12H16N4/c1-9-10(2)16(8-15-9)12-11(7-13-3)5-4-6-14-12/h4-6,8,13H,7H2,1-3H3. The number of nitrogens with one attached hydrogen (secondary N) is 1. The Morgan fingerprint density at radius 3 is 2.75 bits per heavy atom. The number of nitrogens with zero attached hydrogens (tertiary/aromatic N) is 3. The van der Waals surface area contributed by atoms with Gasteiger partial charge in [-0.2, -0.15) is 0 Å². The molecule has 0 bridgehead atoms. The molecule has 0 spiro atoms. The number of hydrogen-bond donors (Lipinski definition) is 1. The van der Waals surface area contributed by atoms with Crippen molar-refractivity contribution in [2.45, 2.75) is 20.4 Å². The fourth-order valence-corrected chi connectivity index (χ4v) is 1.69. The van der Waals surface area contributed by atoms with Gasteiger partial charge in [0, 0.05) is 24.0 Å². The molecule has 0 saturated heterocycles.